The second-order valence-electron chi connectivity index (χ2n) is 7.60. The van der Waals surface area contributed by atoms with Gasteiger partial charge in [0.15, 0.2) is 5.16 Å². The predicted molar refractivity (Wildman–Crippen MR) is 129 cm³/mol. The number of carbonyl (C=O) groups is 1. The van der Waals surface area contributed by atoms with E-state index in [0.29, 0.717) is 48.3 Å². The Labute approximate surface area is 195 Å². The molecule has 0 atom stereocenters. The molecule has 0 radical (unpaired) electrons. The molecule has 2 aromatic heterocycles. The van der Waals surface area contributed by atoms with E-state index in [1.807, 2.05) is 31.2 Å². The summed E-state index contributed by atoms with van der Waals surface area (Å²) in [5.41, 5.74) is 1.61. The third-order valence-corrected chi connectivity index (χ3v) is 7.70. The number of thioether (sulfide) groups is 1. The lowest BCUT2D eigenvalue weighted by molar-refractivity contribution is -0.132. The van der Waals surface area contributed by atoms with E-state index >= 15 is 0 Å². The molecular formula is C23H27N3O4S2. The Balaban J connectivity index is 1.76. The molecule has 1 aliphatic rings. The number of nitrogens with zero attached hydrogens (tertiary/aromatic N) is 3. The lowest BCUT2D eigenvalue weighted by atomic mass is 10.1. The quantitative estimate of drug-likeness (QED) is 0.385. The standard InChI is InChI=1S/C23H27N3O4S2/c1-4-5-18-15(2)20-21(32-18)24-23(31-14-19(27)25-10-12-30-13-11-25)26(22(20)28)16-6-8-17(29-3)9-7-16/h6-9H,4-5,10-14H2,1-3H3. The molecule has 0 saturated carbocycles. The van der Waals surface area contributed by atoms with Crippen molar-refractivity contribution in [3.8, 4) is 11.4 Å². The molecule has 1 fully saturated rings. The Hall–Kier alpha value is -2.36. The summed E-state index contributed by atoms with van der Waals surface area (Å²) in [6.07, 6.45) is 1.93. The fourth-order valence-corrected chi connectivity index (χ4v) is 6.00. The number of benzene rings is 1. The van der Waals surface area contributed by atoms with E-state index < -0.39 is 0 Å². The summed E-state index contributed by atoms with van der Waals surface area (Å²) >= 11 is 2.89. The van der Waals surface area contributed by atoms with Gasteiger partial charge in [0.25, 0.3) is 5.56 Å². The number of hydrogen-bond donors (Lipinski definition) is 0. The van der Waals surface area contributed by atoms with E-state index in [4.69, 9.17) is 14.5 Å². The third-order valence-electron chi connectivity index (χ3n) is 5.53. The van der Waals surface area contributed by atoms with Crippen molar-refractivity contribution in [2.75, 3.05) is 39.2 Å². The Bertz CT molecular complexity index is 1160. The van der Waals surface area contributed by atoms with E-state index in [1.165, 1.54) is 16.6 Å². The van der Waals surface area contributed by atoms with Crippen molar-refractivity contribution in [1.82, 2.24) is 14.5 Å². The van der Waals surface area contributed by atoms with Crippen LogP contribution < -0.4 is 10.3 Å². The van der Waals surface area contributed by atoms with Crippen molar-refractivity contribution in [2.45, 2.75) is 31.8 Å². The molecule has 0 bridgehead atoms. The fourth-order valence-electron chi connectivity index (χ4n) is 3.76. The molecule has 1 aromatic carbocycles. The highest BCUT2D eigenvalue weighted by Gasteiger charge is 2.22. The summed E-state index contributed by atoms with van der Waals surface area (Å²) in [5.74, 6) is 0.965. The Kier molecular flexibility index (Phi) is 7.17. The van der Waals surface area contributed by atoms with Gasteiger partial charge in [0.05, 0.1) is 37.2 Å². The first kappa shape index (κ1) is 22.8. The van der Waals surface area contributed by atoms with Gasteiger partial charge in [0, 0.05) is 18.0 Å². The number of carbonyl (C=O) groups excluding carboxylic acids is 1. The maximum absolute atomic E-state index is 13.7. The summed E-state index contributed by atoms with van der Waals surface area (Å²) < 4.78 is 12.2. The molecule has 170 valence electrons. The molecular weight excluding hydrogens is 446 g/mol. The fraction of sp³-hybridized carbons (Fsp3) is 0.435. The minimum absolute atomic E-state index is 0.0305. The zero-order valence-electron chi connectivity index (χ0n) is 18.6. The average Bonchev–Trinajstić information content (AvgIpc) is 3.13. The van der Waals surface area contributed by atoms with Crippen LogP contribution in [0.3, 0.4) is 0 Å². The van der Waals surface area contributed by atoms with Crippen LogP contribution in [0.1, 0.15) is 23.8 Å². The van der Waals surface area contributed by atoms with Gasteiger partial charge in [-0.1, -0.05) is 25.1 Å². The van der Waals surface area contributed by atoms with E-state index in [9.17, 15) is 9.59 Å². The monoisotopic (exact) mass is 473 g/mol. The largest absolute Gasteiger partial charge is 0.497 e. The highest BCUT2D eigenvalue weighted by atomic mass is 32.2. The highest BCUT2D eigenvalue weighted by Crippen LogP contribution is 2.31. The van der Waals surface area contributed by atoms with Gasteiger partial charge in [-0.05, 0) is 43.2 Å². The minimum atomic E-state index is -0.0995. The van der Waals surface area contributed by atoms with Gasteiger partial charge >= 0.3 is 0 Å². The van der Waals surface area contributed by atoms with Crippen molar-refractivity contribution >= 4 is 39.2 Å². The normalized spacial score (nSPS) is 14.2. The van der Waals surface area contributed by atoms with Crippen molar-refractivity contribution in [3.63, 3.8) is 0 Å². The molecule has 7 nitrogen and oxygen atoms in total. The average molecular weight is 474 g/mol. The molecule has 9 heteroatoms. The number of ether oxygens (including phenoxy) is 2. The molecule has 32 heavy (non-hydrogen) atoms. The molecule has 1 aliphatic heterocycles. The van der Waals surface area contributed by atoms with Crippen LogP contribution in [-0.2, 0) is 16.0 Å². The molecule has 0 spiro atoms. The second kappa shape index (κ2) is 10.1. The van der Waals surface area contributed by atoms with Crippen LogP contribution in [0.4, 0.5) is 0 Å². The van der Waals surface area contributed by atoms with Crippen LogP contribution in [0.25, 0.3) is 15.9 Å². The number of rotatable bonds is 7. The van der Waals surface area contributed by atoms with E-state index in [0.717, 1.165) is 23.2 Å². The zero-order chi connectivity index (χ0) is 22.7. The summed E-state index contributed by atoms with van der Waals surface area (Å²) in [7, 11) is 1.61. The van der Waals surface area contributed by atoms with Crippen LogP contribution in [0, 0.1) is 6.92 Å². The van der Waals surface area contributed by atoms with Gasteiger partial charge in [0.2, 0.25) is 5.91 Å². The molecule has 3 heterocycles. The van der Waals surface area contributed by atoms with Crippen molar-refractivity contribution in [2.24, 2.45) is 0 Å². The maximum Gasteiger partial charge on any atom is 0.267 e. The third kappa shape index (κ3) is 4.55. The highest BCUT2D eigenvalue weighted by molar-refractivity contribution is 7.99. The molecule has 0 N–H and O–H groups in total. The summed E-state index contributed by atoms with van der Waals surface area (Å²) in [5, 5.41) is 1.19. The van der Waals surface area contributed by atoms with Gasteiger partial charge in [0.1, 0.15) is 10.6 Å². The van der Waals surface area contributed by atoms with Crippen LogP contribution in [0.15, 0.2) is 34.2 Å². The molecule has 3 aromatic rings. The van der Waals surface area contributed by atoms with Crippen molar-refractivity contribution in [1.29, 1.82) is 0 Å². The van der Waals surface area contributed by atoms with Gasteiger partial charge in [-0.2, -0.15) is 0 Å². The first-order valence-electron chi connectivity index (χ1n) is 10.7. The molecule has 4 rings (SSSR count). The maximum atomic E-state index is 13.7. The predicted octanol–water partition coefficient (Wildman–Crippen LogP) is 3.67. The van der Waals surface area contributed by atoms with Crippen LogP contribution >= 0.6 is 23.1 Å². The second-order valence-corrected chi connectivity index (χ2v) is 9.62. The number of morpholine rings is 1. The number of amides is 1. The van der Waals surface area contributed by atoms with Crippen molar-refractivity contribution in [3.05, 3.63) is 45.1 Å². The zero-order valence-corrected chi connectivity index (χ0v) is 20.2. The number of fused-ring (bicyclic) bond motifs is 1. The Morgan fingerprint density at radius 3 is 2.62 bits per heavy atom. The number of aryl methyl sites for hydroxylation is 2. The van der Waals surface area contributed by atoms with Gasteiger partial charge in [-0.25, -0.2) is 4.98 Å². The molecule has 0 unspecified atom stereocenters. The number of methoxy groups -OCH3 is 1. The topological polar surface area (TPSA) is 73.7 Å². The number of hydrogen-bond acceptors (Lipinski definition) is 7. The van der Waals surface area contributed by atoms with Crippen molar-refractivity contribution < 1.29 is 14.3 Å². The summed E-state index contributed by atoms with van der Waals surface area (Å²) in [6.45, 7) is 6.45. The Morgan fingerprint density at radius 2 is 1.97 bits per heavy atom. The van der Waals surface area contributed by atoms with Gasteiger partial charge in [-0.3, -0.25) is 14.2 Å². The Morgan fingerprint density at radius 1 is 1.25 bits per heavy atom. The number of thiophene rings is 1. The smallest absolute Gasteiger partial charge is 0.267 e. The lowest BCUT2D eigenvalue weighted by Gasteiger charge is -2.26. The summed E-state index contributed by atoms with van der Waals surface area (Å²) in [4.78, 5) is 35.0. The van der Waals surface area contributed by atoms with Crippen LogP contribution in [-0.4, -0.2) is 59.5 Å². The first-order valence-corrected chi connectivity index (χ1v) is 12.5. The lowest BCUT2D eigenvalue weighted by Crippen LogP contribution is -2.41. The first-order chi connectivity index (χ1) is 15.5. The SMILES string of the molecule is CCCc1sc2nc(SCC(=O)N3CCOCC3)n(-c3ccc(OC)cc3)c(=O)c2c1C. The van der Waals surface area contributed by atoms with Crippen LogP contribution in [0.5, 0.6) is 5.75 Å². The van der Waals surface area contributed by atoms with E-state index in [1.54, 1.807) is 27.9 Å². The molecule has 0 aliphatic carbocycles. The molecule has 1 saturated heterocycles. The van der Waals surface area contributed by atoms with Crippen LogP contribution in [0.2, 0.25) is 0 Å². The van der Waals surface area contributed by atoms with Gasteiger partial charge < -0.3 is 14.4 Å². The minimum Gasteiger partial charge on any atom is -0.497 e. The van der Waals surface area contributed by atoms with E-state index in [-0.39, 0.29) is 17.2 Å². The van der Waals surface area contributed by atoms with E-state index in [2.05, 4.69) is 6.92 Å². The van der Waals surface area contributed by atoms with Gasteiger partial charge in [-0.15, -0.1) is 11.3 Å². The summed E-state index contributed by atoms with van der Waals surface area (Å²) in [6, 6.07) is 7.33. The number of aromatic nitrogens is 2. The molecule has 1 amide bonds.